The summed E-state index contributed by atoms with van der Waals surface area (Å²) in [5.41, 5.74) is 11.1. The van der Waals surface area contributed by atoms with Crippen LogP contribution >= 0.6 is 11.3 Å². The molecule has 0 aliphatic rings. The number of thiophene rings is 1. The zero-order valence-corrected chi connectivity index (χ0v) is 30.1. The van der Waals surface area contributed by atoms with Crippen LogP contribution in [0.25, 0.3) is 103 Å². The second-order valence-electron chi connectivity index (χ2n) is 13.6. The molecular weight excluding hydrogens is 661 g/mol. The smallest absolute Gasteiger partial charge is 0.135 e. The summed E-state index contributed by atoms with van der Waals surface area (Å²) in [4.78, 5) is 0. The molecule has 0 saturated carbocycles. The molecule has 250 valence electrons. The van der Waals surface area contributed by atoms with Crippen LogP contribution in [0.2, 0.25) is 0 Å². The lowest BCUT2D eigenvalue weighted by Crippen LogP contribution is -1.96. The summed E-state index contributed by atoms with van der Waals surface area (Å²) in [6, 6.07) is 55.0. The van der Waals surface area contributed by atoms with Gasteiger partial charge in [0.1, 0.15) is 5.76 Å². The van der Waals surface area contributed by atoms with E-state index >= 15 is 0 Å². The van der Waals surface area contributed by atoms with Gasteiger partial charge in [0.2, 0.25) is 0 Å². The highest BCUT2D eigenvalue weighted by Gasteiger charge is 2.23. The fourth-order valence-corrected chi connectivity index (χ4v) is 9.83. The first kappa shape index (κ1) is 31.3. The molecule has 0 amide bonds. The van der Waals surface area contributed by atoms with Crippen molar-refractivity contribution >= 4 is 69.9 Å². The van der Waals surface area contributed by atoms with Crippen molar-refractivity contribution in [3.8, 4) is 44.7 Å². The van der Waals surface area contributed by atoms with Crippen LogP contribution in [0.5, 0.6) is 0 Å². The third-order valence-corrected chi connectivity index (χ3v) is 11.9. The Morgan fingerprint density at radius 1 is 0.509 bits per heavy atom. The van der Waals surface area contributed by atoms with Gasteiger partial charge < -0.3 is 4.42 Å². The maximum atomic E-state index is 6.05. The predicted octanol–water partition coefficient (Wildman–Crippen LogP) is 15.3. The summed E-state index contributed by atoms with van der Waals surface area (Å²) in [6.07, 6.45) is 7.92. The number of hydrogen-bond donors (Lipinski definition) is 0. The van der Waals surface area contributed by atoms with Crippen molar-refractivity contribution in [2.24, 2.45) is 0 Å². The molecule has 0 spiro atoms. The molecule has 53 heavy (non-hydrogen) atoms. The maximum absolute atomic E-state index is 6.05. The van der Waals surface area contributed by atoms with Crippen LogP contribution in [0.15, 0.2) is 181 Å². The Balaban J connectivity index is 1.30. The quantitative estimate of drug-likeness (QED) is 0.125. The zero-order valence-electron chi connectivity index (χ0n) is 29.3. The van der Waals surface area contributed by atoms with Crippen molar-refractivity contribution in [2.75, 3.05) is 0 Å². The van der Waals surface area contributed by atoms with Gasteiger partial charge in [0.25, 0.3) is 0 Å². The van der Waals surface area contributed by atoms with Crippen LogP contribution in [0.3, 0.4) is 0 Å². The molecule has 0 saturated heterocycles. The number of hydrogen-bond acceptors (Lipinski definition) is 2. The molecule has 0 aliphatic carbocycles. The molecule has 0 bridgehead atoms. The van der Waals surface area contributed by atoms with Crippen molar-refractivity contribution in [1.29, 1.82) is 0 Å². The molecule has 0 atom stereocenters. The Morgan fingerprint density at radius 3 is 1.72 bits per heavy atom. The molecule has 1 nitrogen and oxygen atoms in total. The summed E-state index contributed by atoms with van der Waals surface area (Å²) in [7, 11) is 0. The molecule has 10 rings (SSSR count). The van der Waals surface area contributed by atoms with Crippen molar-refractivity contribution in [3.05, 3.63) is 188 Å². The third-order valence-electron chi connectivity index (χ3n) is 10.7. The minimum Gasteiger partial charge on any atom is -0.464 e. The predicted molar refractivity (Wildman–Crippen MR) is 230 cm³/mol. The van der Waals surface area contributed by atoms with E-state index in [4.69, 9.17) is 4.42 Å². The van der Waals surface area contributed by atoms with Gasteiger partial charge in [-0.05, 0) is 96.4 Å². The Labute approximate surface area is 312 Å². The lowest BCUT2D eigenvalue weighted by atomic mass is 9.83. The van der Waals surface area contributed by atoms with E-state index in [1.165, 1.54) is 97.0 Å². The number of allylic oxidation sites excluding steroid dienone is 2. The van der Waals surface area contributed by atoms with E-state index in [9.17, 15) is 0 Å². The summed E-state index contributed by atoms with van der Waals surface area (Å²) >= 11 is 1.90. The SMILES string of the molecule is C=C/C=C\c1c(C)c(-c2cccc3c2sc2cccc(-c4c5ccccc5c(-c5ccco5)c5ccccc45)c23)c2ccccc2c1-c1ccccc1. The van der Waals surface area contributed by atoms with Crippen molar-refractivity contribution in [1.82, 2.24) is 0 Å². The van der Waals surface area contributed by atoms with Crippen LogP contribution in [-0.2, 0) is 0 Å². The highest BCUT2D eigenvalue weighted by Crippen LogP contribution is 2.51. The van der Waals surface area contributed by atoms with E-state index < -0.39 is 0 Å². The molecule has 0 radical (unpaired) electrons. The molecule has 0 aliphatic heterocycles. The largest absolute Gasteiger partial charge is 0.464 e. The summed E-state index contributed by atoms with van der Waals surface area (Å²) in [5.74, 6) is 0.885. The molecule has 0 unspecified atom stereocenters. The summed E-state index contributed by atoms with van der Waals surface area (Å²) < 4.78 is 8.63. The van der Waals surface area contributed by atoms with E-state index in [2.05, 4.69) is 171 Å². The van der Waals surface area contributed by atoms with Crippen molar-refractivity contribution in [2.45, 2.75) is 6.92 Å². The van der Waals surface area contributed by atoms with Crippen LogP contribution in [0.1, 0.15) is 11.1 Å². The van der Waals surface area contributed by atoms with Crippen molar-refractivity contribution in [3.63, 3.8) is 0 Å². The van der Waals surface area contributed by atoms with Gasteiger partial charge >= 0.3 is 0 Å². The van der Waals surface area contributed by atoms with Gasteiger partial charge in [-0.15, -0.1) is 11.3 Å². The van der Waals surface area contributed by atoms with Crippen LogP contribution in [0.4, 0.5) is 0 Å². The Morgan fingerprint density at radius 2 is 1.08 bits per heavy atom. The molecule has 10 aromatic rings. The molecule has 0 fully saturated rings. The third kappa shape index (κ3) is 4.84. The minimum atomic E-state index is 0.885. The first-order valence-electron chi connectivity index (χ1n) is 18.0. The van der Waals surface area contributed by atoms with E-state index in [1.807, 2.05) is 23.5 Å². The number of benzene rings is 8. The highest BCUT2D eigenvalue weighted by atomic mass is 32.1. The van der Waals surface area contributed by atoms with Crippen LogP contribution in [0, 0.1) is 6.92 Å². The molecule has 2 heteroatoms. The number of furan rings is 1. The fraction of sp³-hybridized carbons (Fsp3) is 0.0196. The normalized spacial score (nSPS) is 11.9. The zero-order chi connectivity index (χ0) is 35.5. The van der Waals surface area contributed by atoms with Gasteiger partial charge in [0.15, 0.2) is 0 Å². The number of rotatable bonds is 6. The van der Waals surface area contributed by atoms with E-state index in [1.54, 1.807) is 6.26 Å². The Kier molecular flexibility index (Phi) is 7.45. The van der Waals surface area contributed by atoms with Crippen LogP contribution < -0.4 is 0 Å². The van der Waals surface area contributed by atoms with Gasteiger partial charge in [-0.25, -0.2) is 0 Å². The minimum absolute atomic E-state index is 0.885. The molecule has 0 N–H and O–H groups in total. The maximum Gasteiger partial charge on any atom is 0.135 e. The van der Waals surface area contributed by atoms with E-state index in [-0.39, 0.29) is 0 Å². The Bertz CT molecular complexity index is 3010. The molecule has 2 heterocycles. The Hall–Kier alpha value is -6.48. The van der Waals surface area contributed by atoms with Gasteiger partial charge in [-0.1, -0.05) is 158 Å². The standard InChI is InChI=1S/C51H34OS/c1-3-4-19-34-32(2)46(35-20-8-9-21-36(35)47(34)33-17-6-5-7-18-33)42-27-14-28-43-50-41(26-15-30-45(50)53-51(42)43)48-37-22-10-12-24-39(37)49(44-29-16-31-52-44)40-25-13-11-23-38(40)48/h3-31H,1H2,2H3/b19-4-. The van der Waals surface area contributed by atoms with Gasteiger partial charge in [-0.2, -0.15) is 0 Å². The highest BCUT2D eigenvalue weighted by molar-refractivity contribution is 7.26. The van der Waals surface area contributed by atoms with Crippen LogP contribution in [-0.4, -0.2) is 0 Å². The van der Waals surface area contributed by atoms with E-state index in [0.717, 1.165) is 11.3 Å². The summed E-state index contributed by atoms with van der Waals surface area (Å²) in [5, 5.41) is 9.90. The second-order valence-corrected chi connectivity index (χ2v) is 14.6. The average Bonchev–Trinajstić information content (AvgIpc) is 3.88. The van der Waals surface area contributed by atoms with Crippen molar-refractivity contribution < 1.29 is 4.42 Å². The van der Waals surface area contributed by atoms with E-state index in [0.29, 0.717) is 0 Å². The molecular formula is C51H34OS. The average molecular weight is 695 g/mol. The monoisotopic (exact) mass is 694 g/mol. The second kappa shape index (κ2) is 12.6. The molecule has 8 aromatic carbocycles. The lowest BCUT2D eigenvalue weighted by Gasteiger charge is -2.20. The summed E-state index contributed by atoms with van der Waals surface area (Å²) in [6.45, 7) is 6.30. The fourth-order valence-electron chi connectivity index (χ4n) is 8.58. The lowest BCUT2D eigenvalue weighted by molar-refractivity contribution is 0.583. The first-order chi connectivity index (χ1) is 26.2. The van der Waals surface area contributed by atoms with Gasteiger partial charge in [0.05, 0.1) is 6.26 Å². The molecule has 2 aromatic heterocycles. The first-order valence-corrected chi connectivity index (χ1v) is 18.9. The number of fused-ring (bicyclic) bond motifs is 6. The topological polar surface area (TPSA) is 13.1 Å². The van der Waals surface area contributed by atoms with Gasteiger partial charge in [0, 0.05) is 31.3 Å². The van der Waals surface area contributed by atoms with Gasteiger partial charge in [-0.3, -0.25) is 0 Å².